The van der Waals surface area contributed by atoms with Crippen molar-refractivity contribution in [2.24, 2.45) is 0 Å². The molecule has 1 aromatic rings. The van der Waals surface area contributed by atoms with Crippen LogP contribution < -0.4 is 0 Å². The molecule has 126 valence electrons. The molecule has 23 heavy (non-hydrogen) atoms. The number of aryl methyl sites for hydroxylation is 1. The Kier molecular flexibility index (Phi) is 6.25. The van der Waals surface area contributed by atoms with Crippen molar-refractivity contribution in [1.29, 1.82) is 0 Å². The Morgan fingerprint density at radius 3 is 2.61 bits per heavy atom. The minimum Gasteiger partial charge on any atom is -0.337 e. The maximum absolute atomic E-state index is 12.7. The van der Waals surface area contributed by atoms with Gasteiger partial charge in [-0.05, 0) is 25.5 Å². The van der Waals surface area contributed by atoms with Crippen molar-refractivity contribution in [3.8, 4) is 0 Å². The molecule has 0 unspecified atom stereocenters. The van der Waals surface area contributed by atoms with Gasteiger partial charge in [-0.3, -0.25) is 14.7 Å². The van der Waals surface area contributed by atoms with Crippen LogP contribution in [0.25, 0.3) is 0 Å². The van der Waals surface area contributed by atoms with E-state index in [1.165, 1.54) is 23.0 Å². The van der Waals surface area contributed by atoms with E-state index in [0.717, 1.165) is 38.3 Å². The van der Waals surface area contributed by atoms with Crippen molar-refractivity contribution in [3.63, 3.8) is 0 Å². The molecule has 3 heterocycles. The summed E-state index contributed by atoms with van der Waals surface area (Å²) in [5, 5.41) is 0. The monoisotopic (exact) mass is 351 g/mol. The number of carbonyl (C=O) groups is 1. The fourth-order valence-electron chi connectivity index (χ4n) is 3.10. The number of rotatable bonds is 2. The molecule has 2 aliphatic heterocycles. The molecule has 4 nitrogen and oxygen atoms in total. The minimum absolute atomic E-state index is 0.129. The normalized spacial score (nSPS) is 21.7. The fourth-order valence-corrected chi connectivity index (χ4v) is 5.72. The van der Waals surface area contributed by atoms with Crippen LogP contribution in [0.1, 0.15) is 22.5 Å². The number of carbonyl (C=O) groups excluding carboxylic acids is 1. The summed E-state index contributed by atoms with van der Waals surface area (Å²) in [7, 11) is 0. The van der Waals surface area contributed by atoms with Crippen LogP contribution in [0.3, 0.4) is 0 Å². The van der Waals surface area contributed by atoms with Crippen LogP contribution in [0.15, 0.2) is 18.3 Å². The van der Waals surface area contributed by atoms with Crippen LogP contribution in [0.5, 0.6) is 0 Å². The molecule has 1 aromatic heterocycles. The summed E-state index contributed by atoms with van der Waals surface area (Å²) in [5.41, 5.74) is 1.66. The van der Waals surface area contributed by atoms with Gasteiger partial charge in [0.2, 0.25) is 0 Å². The summed E-state index contributed by atoms with van der Waals surface area (Å²) in [5.74, 6) is 5.16. The quantitative estimate of drug-likeness (QED) is 0.818. The first-order chi connectivity index (χ1) is 11.2. The molecule has 3 rings (SSSR count). The van der Waals surface area contributed by atoms with Crippen LogP contribution in [-0.2, 0) is 0 Å². The Hall–Kier alpha value is -0.720. The van der Waals surface area contributed by atoms with Crippen molar-refractivity contribution in [2.45, 2.75) is 19.4 Å². The first kappa shape index (κ1) is 17.1. The Balaban J connectivity index is 1.59. The van der Waals surface area contributed by atoms with Gasteiger partial charge in [-0.25, -0.2) is 0 Å². The topological polar surface area (TPSA) is 36.4 Å². The van der Waals surface area contributed by atoms with Crippen LogP contribution in [0.4, 0.5) is 0 Å². The van der Waals surface area contributed by atoms with Crippen LogP contribution >= 0.6 is 23.5 Å². The molecule has 0 bridgehead atoms. The van der Waals surface area contributed by atoms with Gasteiger partial charge in [0.05, 0.1) is 5.56 Å². The molecule has 6 heteroatoms. The number of pyridine rings is 1. The van der Waals surface area contributed by atoms with Gasteiger partial charge < -0.3 is 4.90 Å². The largest absolute Gasteiger partial charge is 0.337 e. The number of nitrogens with zero attached hydrogens (tertiary/aromatic N) is 3. The highest BCUT2D eigenvalue weighted by Gasteiger charge is 2.25. The van der Waals surface area contributed by atoms with Crippen molar-refractivity contribution in [2.75, 3.05) is 49.2 Å². The molecule has 0 aliphatic carbocycles. The Morgan fingerprint density at radius 1 is 1.13 bits per heavy atom. The predicted octanol–water partition coefficient (Wildman–Crippen LogP) is 2.39. The van der Waals surface area contributed by atoms with Gasteiger partial charge in [0.15, 0.2) is 0 Å². The van der Waals surface area contributed by atoms with Crippen molar-refractivity contribution in [1.82, 2.24) is 14.8 Å². The number of aromatic nitrogens is 1. The second-order valence-corrected chi connectivity index (χ2v) is 8.47. The summed E-state index contributed by atoms with van der Waals surface area (Å²) in [6, 6.07) is 4.48. The lowest BCUT2D eigenvalue weighted by atomic mass is 10.2. The van der Waals surface area contributed by atoms with Gasteiger partial charge in [-0.2, -0.15) is 23.5 Å². The lowest BCUT2D eigenvalue weighted by Gasteiger charge is -2.29. The third-order valence-electron chi connectivity index (χ3n) is 4.48. The zero-order chi connectivity index (χ0) is 16.1. The predicted molar refractivity (Wildman–Crippen MR) is 99.5 cm³/mol. The average Bonchev–Trinajstić information content (AvgIpc) is 2.97. The molecule has 0 N–H and O–H groups in total. The highest BCUT2D eigenvalue weighted by atomic mass is 32.2. The van der Waals surface area contributed by atoms with Gasteiger partial charge >= 0.3 is 0 Å². The standard InChI is InChI=1S/C17H25N3OS2/c1-14-3-4-15(11-18-14)17(21)20-6-2-5-19(7-8-20)16-12-22-9-10-23-13-16/h3-4,11,16H,2,5-10,12-13H2,1H3. The van der Waals surface area contributed by atoms with Crippen LogP contribution in [-0.4, -0.2) is 75.9 Å². The van der Waals surface area contributed by atoms with Gasteiger partial charge in [0.1, 0.15) is 0 Å². The summed E-state index contributed by atoms with van der Waals surface area (Å²) < 4.78 is 0. The van der Waals surface area contributed by atoms with E-state index in [9.17, 15) is 4.79 Å². The lowest BCUT2D eigenvalue weighted by Crippen LogP contribution is -2.42. The number of thioether (sulfide) groups is 2. The second-order valence-electron chi connectivity index (χ2n) is 6.17. The van der Waals surface area contributed by atoms with Gasteiger partial charge in [0, 0.05) is 67.1 Å². The number of amides is 1. The van der Waals surface area contributed by atoms with E-state index >= 15 is 0 Å². The Morgan fingerprint density at radius 2 is 1.91 bits per heavy atom. The zero-order valence-corrected chi connectivity index (χ0v) is 15.4. The SMILES string of the molecule is Cc1ccc(C(=O)N2CCCN(C3CSCCSC3)CC2)cn1. The number of hydrogen-bond acceptors (Lipinski definition) is 5. The summed E-state index contributed by atoms with van der Waals surface area (Å²) in [6.07, 6.45) is 2.77. The summed E-state index contributed by atoms with van der Waals surface area (Å²) in [6.45, 7) is 5.74. The highest BCUT2D eigenvalue weighted by Crippen LogP contribution is 2.21. The van der Waals surface area contributed by atoms with E-state index in [-0.39, 0.29) is 5.91 Å². The van der Waals surface area contributed by atoms with E-state index < -0.39 is 0 Å². The molecule has 1 amide bonds. The van der Waals surface area contributed by atoms with Crippen LogP contribution in [0, 0.1) is 6.92 Å². The molecule has 0 saturated carbocycles. The van der Waals surface area contributed by atoms with E-state index in [0.29, 0.717) is 11.6 Å². The summed E-state index contributed by atoms with van der Waals surface area (Å²) in [4.78, 5) is 21.5. The first-order valence-corrected chi connectivity index (χ1v) is 10.7. The van der Waals surface area contributed by atoms with Gasteiger partial charge in [0.25, 0.3) is 5.91 Å². The van der Waals surface area contributed by atoms with Gasteiger partial charge in [-0.15, -0.1) is 0 Å². The minimum atomic E-state index is 0.129. The third-order valence-corrected chi connectivity index (χ3v) is 6.97. The van der Waals surface area contributed by atoms with Crippen molar-refractivity contribution in [3.05, 3.63) is 29.6 Å². The van der Waals surface area contributed by atoms with Gasteiger partial charge in [-0.1, -0.05) is 0 Å². The smallest absolute Gasteiger partial charge is 0.255 e. The molecule has 2 saturated heterocycles. The van der Waals surface area contributed by atoms with Crippen molar-refractivity contribution >= 4 is 29.4 Å². The average molecular weight is 352 g/mol. The Bertz CT molecular complexity index is 515. The van der Waals surface area contributed by atoms with E-state index in [4.69, 9.17) is 0 Å². The second kappa shape index (κ2) is 8.40. The maximum Gasteiger partial charge on any atom is 0.255 e. The van der Waals surface area contributed by atoms with Crippen molar-refractivity contribution < 1.29 is 4.79 Å². The molecule has 0 spiro atoms. The highest BCUT2D eigenvalue weighted by molar-refractivity contribution is 8.03. The molecular weight excluding hydrogens is 326 g/mol. The van der Waals surface area contributed by atoms with E-state index in [1.807, 2.05) is 24.0 Å². The molecule has 2 aliphatic rings. The summed E-state index contributed by atoms with van der Waals surface area (Å²) >= 11 is 4.16. The van der Waals surface area contributed by atoms with Crippen LogP contribution in [0.2, 0.25) is 0 Å². The molecule has 0 atom stereocenters. The fraction of sp³-hybridized carbons (Fsp3) is 0.647. The third kappa shape index (κ3) is 4.64. The molecular formula is C17H25N3OS2. The maximum atomic E-state index is 12.7. The first-order valence-electron chi connectivity index (χ1n) is 8.35. The lowest BCUT2D eigenvalue weighted by molar-refractivity contribution is 0.0759. The number of hydrogen-bond donors (Lipinski definition) is 0. The Labute approximate surface area is 147 Å². The molecule has 0 radical (unpaired) electrons. The van der Waals surface area contributed by atoms with E-state index in [1.54, 1.807) is 6.20 Å². The molecule has 0 aromatic carbocycles. The zero-order valence-electron chi connectivity index (χ0n) is 13.7. The van der Waals surface area contributed by atoms with E-state index in [2.05, 4.69) is 33.4 Å². The molecule has 2 fully saturated rings.